The molecule has 1 heterocycles. The van der Waals surface area contributed by atoms with Crippen LogP contribution in [0.5, 0.6) is 5.75 Å². The van der Waals surface area contributed by atoms with E-state index in [1.807, 2.05) is 0 Å². The van der Waals surface area contributed by atoms with E-state index in [9.17, 15) is 16.8 Å². The number of benzene rings is 2. The normalized spacial score (nSPS) is 18.6. The average Bonchev–Trinajstić information content (AvgIpc) is 2.95. The molecule has 6 nitrogen and oxygen atoms in total. The Morgan fingerprint density at radius 3 is 2.38 bits per heavy atom. The molecule has 0 saturated heterocycles. The van der Waals surface area contributed by atoms with Crippen LogP contribution in [-0.2, 0) is 19.9 Å². The number of methoxy groups -OCH3 is 1. The van der Waals surface area contributed by atoms with Crippen molar-refractivity contribution in [2.75, 3.05) is 17.2 Å². The van der Waals surface area contributed by atoms with E-state index < -0.39 is 25.9 Å². The first-order valence-corrected chi connectivity index (χ1v) is 11.1. The van der Waals surface area contributed by atoms with E-state index in [1.54, 1.807) is 49.4 Å². The van der Waals surface area contributed by atoms with Crippen molar-refractivity contribution in [1.82, 2.24) is 0 Å². The molecule has 1 aliphatic heterocycles. The van der Waals surface area contributed by atoms with Crippen molar-refractivity contribution in [2.45, 2.75) is 17.9 Å². The molecule has 26 heavy (non-hydrogen) atoms. The quantitative estimate of drug-likeness (QED) is 0.780. The second-order valence-corrected chi connectivity index (χ2v) is 9.73. The minimum Gasteiger partial charge on any atom is -0.495 e. The smallest absolute Gasteiger partial charge is 0.268 e. The molecule has 0 amide bonds. The summed E-state index contributed by atoms with van der Waals surface area (Å²) in [7, 11) is -6.09. The lowest BCUT2D eigenvalue weighted by Gasteiger charge is -2.29. The van der Waals surface area contributed by atoms with Gasteiger partial charge in [-0.1, -0.05) is 24.3 Å². The second-order valence-electron chi connectivity index (χ2n) is 6.02. The van der Waals surface area contributed by atoms with Gasteiger partial charge in [0.25, 0.3) is 10.0 Å². The predicted octanol–water partition coefficient (Wildman–Crippen LogP) is 2.51. The molecular formula is C18H19NO5S2. The SMILES string of the molecule is COc1ccc(C)cc1S(=O)(=O)N(c1ccccc1)[C@@H]1C=CS(=O)(=O)C1. The van der Waals surface area contributed by atoms with Crippen molar-refractivity contribution in [3.8, 4) is 5.75 Å². The Bertz CT molecular complexity index is 1040. The lowest BCUT2D eigenvalue weighted by atomic mass is 10.2. The van der Waals surface area contributed by atoms with E-state index in [0.717, 1.165) is 15.3 Å². The molecule has 3 rings (SSSR count). The first-order chi connectivity index (χ1) is 12.2. The highest BCUT2D eigenvalue weighted by Gasteiger charge is 2.37. The van der Waals surface area contributed by atoms with Gasteiger partial charge in [0.15, 0.2) is 9.84 Å². The summed E-state index contributed by atoms with van der Waals surface area (Å²) in [6.45, 7) is 1.78. The molecule has 0 spiro atoms. The maximum atomic E-state index is 13.5. The number of ether oxygens (including phenoxy) is 1. The fraction of sp³-hybridized carbons (Fsp3) is 0.222. The number of para-hydroxylation sites is 1. The molecule has 2 aromatic carbocycles. The van der Waals surface area contributed by atoms with Gasteiger partial charge >= 0.3 is 0 Å². The molecule has 0 aliphatic carbocycles. The van der Waals surface area contributed by atoms with Gasteiger partial charge in [0.1, 0.15) is 10.6 Å². The Morgan fingerprint density at radius 1 is 1.12 bits per heavy atom. The van der Waals surface area contributed by atoms with E-state index in [0.29, 0.717) is 5.69 Å². The van der Waals surface area contributed by atoms with Crippen LogP contribution in [0.15, 0.2) is 64.9 Å². The zero-order valence-electron chi connectivity index (χ0n) is 14.4. The van der Waals surface area contributed by atoms with Crippen LogP contribution in [0.2, 0.25) is 0 Å². The Balaban J connectivity index is 2.19. The van der Waals surface area contributed by atoms with Crippen LogP contribution in [0.4, 0.5) is 5.69 Å². The van der Waals surface area contributed by atoms with Gasteiger partial charge in [0.05, 0.1) is 24.6 Å². The highest BCUT2D eigenvalue weighted by molar-refractivity contribution is 7.95. The molecule has 2 aromatic rings. The standard InChI is InChI=1S/C18H19NO5S2/c1-14-8-9-17(24-2)18(12-14)26(22,23)19(15-6-4-3-5-7-15)16-10-11-25(20,21)13-16/h3-12,16H,13H2,1-2H3/t16-/m1/s1. The Labute approximate surface area is 153 Å². The Morgan fingerprint density at radius 2 is 1.81 bits per heavy atom. The third-order valence-electron chi connectivity index (χ3n) is 4.08. The van der Waals surface area contributed by atoms with Gasteiger partial charge in [-0.15, -0.1) is 0 Å². The zero-order chi connectivity index (χ0) is 18.9. The van der Waals surface area contributed by atoms with Gasteiger partial charge in [-0.3, -0.25) is 4.31 Å². The number of nitrogens with zero attached hydrogens (tertiary/aromatic N) is 1. The van der Waals surface area contributed by atoms with E-state index in [4.69, 9.17) is 4.74 Å². The third-order valence-corrected chi connectivity index (χ3v) is 7.33. The number of sulfone groups is 1. The summed E-state index contributed by atoms with van der Waals surface area (Å²) < 4.78 is 57.1. The van der Waals surface area contributed by atoms with Crippen molar-refractivity contribution >= 4 is 25.5 Å². The minimum absolute atomic E-state index is 0.00144. The summed E-state index contributed by atoms with van der Waals surface area (Å²) in [5.41, 5.74) is 1.15. The molecule has 0 aromatic heterocycles. The molecule has 1 atom stereocenters. The van der Waals surface area contributed by atoms with Gasteiger partial charge < -0.3 is 4.74 Å². The summed E-state index contributed by atoms with van der Waals surface area (Å²) in [5, 5.41) is 1.07. The largest absolute Gasteiger partial charge is 0.495 e. The van der Waals surface area contributed by atoms with Gasteiger partial charge in [-0.25, -0.2) is 16.8 Å². The molecule has 0 fully saturated rings. The molecule has 0 bridgehead atoms. The monoisotopic (exact) mass is 393 g/mol. The van der Waals surface area contributed by atoms with Crippen LogP contribution in [0.1, 0.15) is 5.56 Å². The van der Waals surface area contributed by atoms with Crippen LogP contribution in [-0.4, -0.2) is 35.7 Å². The van der Waals surface area contributed by atoms with Gasteiger partial charge in [-0.05, 0) is 42.8 Å². The number of anilines is 1. The fourth-order valence-corrected chi connectivity index (χ4v) is 6.10. The summed E-state index contributed by atoms with van der Waals surface area (Å²) in [4.78, 5) is 0.00144. The second kappa shape index (κ2) is 6.77. The first kappa shape index (κ1) is 18.5. The summed E-state index contributed by atoms with van der Waals surface area (Å²) >= 11 is 0. The molecule has 0 radical (unpaired) electrons. The van der Waals surface area contributed by atoms with Crippen LogP contribution < -0.4 is 9.04 Å². The zero-order valence-corrected chi connectivity index (χ0v) is 16.0. The number of aryl methyl sites for hydroxylation is 1. The fourth-order valence-electron chi connectivity index (χ4n) is 2.88. The number of hydrogen-bond donors (Lipinski definition) is 0. The van der Waals surface area contributed by atoms with Crippen LogP contribution in [0, 0.1) is 6.92 Å². The van der Waals surface area contributed by atoms with E-state index in [1.165, 1.54) is 19.3 Å². The Hall–Kier alpha value is -2.32. The van der Waals surface area contributed by atoms with Gasteiger partial charge in [0.2, 0.25) is 0 Å². The summed E-state index contributed by atoms with van der Waals surface area (Å²) in [6, 6.07) is 12.5. The van der Waals surface area contributed by atoms with Crippen LogP contribution in [0.25, 0.3) is 0 Å². The maximum Gasteiger partial charge on any atom is 0.268 e. The Kier molecular flexibility index (Phi) is 4.81. The molecule has 0 saturated carbocycles. The van der Waals surface area contributed by atoms with Gasteiger partial charge in [-0.2, -0.15) is 0 Å². The average molecular weight is 393 g/mol. The van der Waals surface area contributed by atoms with Crippen molar-refractivity contribution in [3.05, 3.63) is 65.6 Å². The highest BCUT2D eigenvalue weighted by Crippen LogP contribution is 2.34. The molecule has 0 unspecified atom stereocenters. The van der Waals surface area contributed by atoms with Crippen LogP contribution >= 0.6 is 0 Å². The number of rotatable bonds is 5. The van der Waals surface area contributed by atoms with Crippen molar-refractivity contribution in [1.29, 1.82) is 0 Å². The molecule has 1 aliphatic rings. The predicted molar refractivity (Wildman–Crippen MR) is 101 cm³/mol. The topological polar surface area (TPSA) is 80.8 Å². The summed E-state index contributed by atoms with van der Waals surface area (Å²) in [6.07, 6.45) is 1.40. The van der Waals surface area contributed by atoms with Crippen LogP contribution in [0.3, 0.4) is 0 Å². The lowest BCUT2D eigenvalue weighted by molar-refractivity contribution is 0.402. The van der Waals surface area contributed by atoms with E-state index >= 15 is 0 Å². The number of sulfonamides is 1. The highest BCUT2D eigenvalue weighted by atomic mass is 32.2. The maximum absolute atomic E-state index is 13.5. The van der Waals surface area contributed by atoms with Crippen molar-refractivity contribution in [3.63, 3.8) is 0 Å². The minimum atomic E-state index is -4.06. The molecule has 138 valence electrons. The van der Waals surface area contributed by atoms with Crippen molar-refractivity contribution < 1.29 is 21.6 Å². The first-order valence-electron chi connectivity index (χ1n) is 7.90. The molecular weight excluding hydrogens is 374 g/mol. The van der Waals surface area contributed by atoms with E-state index in [2.05, 4.69) is 0 Å². The van der Waals surface area contributed by atoms with Crippen molar-refractivity contribution in [2.24, 2.45) is 0 Å². The third kappa shape index (κ3) is 3.47. The summed E-state index contributed by atoms with van der Waals surface area (Å²) in [5.74, 6) is -0.0868. The van der Waals surface area contributed by atoms with E-state index in [-0.39, 0.29) is 16.4 Å². The molecule has 8 heteroatoms. The molecule has 0 N–H and O–H groups in total. The van der Waals surface area contributed by atoms with Gasteiger partial charge in [0, 0.05) is 5.41 Å². The lowest BCUT2D eigenvalue weighted by Crippen LogP contribution is -2.41. The number of hydrogen-bond acceptors (Lipinski definition) is 5.